The molecule has 0 aliphatic heterocycles. The van der Waals surface area contributed by atoms with Gasteiger partial charge in [0, 0.05) is 12.6 Å². The van der Waals surface area contributed by atoms with Crippen molar-refractivity contribution in [3.63, 3.8) is 0 Å². The minimum atomic E-state index is -3.88. The van der Waals surface area contributed by atoms with Crippen LogP contribution in [0.15, 0.2) is 23.1 Å². The largest absolute Gasteiger partial charge is 0.366 e. The summed E-state index contributed by atoms with van der Waals surface area (Å²) in [6.07, 6.45) is 3.97. The molecule has 1 fully saturated rings. The lowest BCUT2D eigenvalue weighted by molar-refractivity contribution is 0.381. The Kier molecular flexibility index (Phi) is 4.62. The minimum absolute atomic E-state index is 0.203. The highest BCUT2D eigenvalue weighted by Gasteiger charge is 2.27. The van der Waals surface area contributed by atoms with E-state index in [2.05, 4.69) is 0 Å². The van der Waals surface area contributed by atoms with Crippen LogP contribution in [0.5, 0.6) is 0 Å². The molecule has 1 aromatic carbocycles. The first-order valence-corrected chi connectivity index (χ1v) is 8.27. The van der Waals surface area contributed by atoms with E-state index in [1.54, 1.807) is 0 Å². The lowest BCUT2D eigenvalue weighted by Gasteiger charge is -2.39. The quantitative estimate of drug-likeness (QED) is 0.825. The van der Waals surface area contributed by atoms with Crippen molar-refractivity contribution in [2.75, 3.05) is 18.0 Å². The van der Waals surface area contributed by atoms with E-state index in [4.69, 9.17) is 10.9 Å². The summed E-state index contributed by atoms with van der Waals surface area (Å²) in [6, 6.07) is 4.14. The third-order valence-corrected chi connectivity index (χ3v) is 4.59. The van der Waals surface area contributed by atoms with Gasteiger partial charge < -0.3 is 10.6 Å². The molecule has 1 aliphatic carbocycles. The molecule has 0 amide bonds. The topological polar surface area (TPSA) is 89.4 Å². The number of rotatable bonds is 6. The highest BCUT2D eigenvalue weighted by atomic mass is 32.2. The average molecular weight is 301 g/mol. The van der Waals surface area contributed by atoms with E-state index in [9.17, 15) is 12.8 Å². The van der Waals surface area contributed by atoms with Crippen LogP contribution in [0.3, 0.4) is 0 Å². The molecule has 1 aromatic rings. The van der Waals surface area contributed by atoms with E-state index in [1.165, 1.54) is 12.1 Å². The average Bonchev–Trinajstić information content (AvgIpc) is 2.31. The summed E-state index contributed by atoms with van der Waals surface area (Å²) in [5.41, 5.74) is 5.94. The number of nitrogens with zero attached hydrogens (tertiary/aromatic N) is 1. The van der Waals surface area contributed by atoms with Crippen LogP contribution in [0.2, 0.25) is 0 Å². The van der Waals surface area contributed by atoms with E-state index in [-0.39, 0.29) is 4.90 Å². The number of halogens is 1. The molecule has 0 bridgehead atoms. The molecule has 20 heavy (non-hydrogen) atoms. The fraction of sp³-hybridized carbons (Fsp3) is 0.538. The van der Waals surface area contributed by atoms with Crippen molar-refractivity contribution in [1.29, 1.82) is 0 Å². The van der Waals surface area contributed by atoms with Gasteiger partial charge in [0.25, 0.3) is 0 Å². The van der Waals surface area contributed by atoms with Gasteiger partial charge in [-0.25, -0.2) is 17.9 Å². The number of benzene rings is 1. The molecule has 4 N–H and O–H groups in total. The first-order valence-electron chi connectivity index (χ1n) is 6.72. The third-order valence-electron chi connectivity index (χ3n) is 3.68. The monoisotopic (exact) mass is 301 g/mol. The standard InChI is InChI=1S/C13H20FN3O2S/c14-12-9-11(20(16,18)19)5-6-13(12)17(8-2-7-15)10-3-1-4-10/h5-6,9-10H,1-4,7-8,15H2,(H2,16,18,19). The van der Waals surface area contributed by atoms with Crippen LogP contribution in [-0.2, 0) is 10.0 Å². The van der Waals surface area contributed by atoms with E-state index in [0.29, 0.717) is 24.8 Å². The Morgan fingerprint density at radius 1 is 1.35 bits per heavy atom. The van der Waals surface area contributed by atoms with Crippen molar-refractivity contribution in [1.82, 2.24) is 0 Å². The zero-order valence-corrected chi connectivity index (χ0v) is 12.1. The maximum Gasteiger partial charge on any atom is 0.238 e. The summed E-state index contributed by atoms with van der Waals surface area (Å²) in [5, 5.41) is 5.00. The van der Waals surface area contributed by atoms with Gasteiger partial charge in [0.15, 0.2) is 0 Å². The maximum atomic E-state index is 14.2. The summed E-state index contributed by atoms with van der Waals surface area (Å²) >= 11 is 0. The predicted molar refractivity (Wildman–Crippen MR) is 76.4 cm³/mol. The minimum Gasteiger partial charge on any atom is -0.366 e. The van der Waals surface area contributed by atoms with Crippen molar-refractivity contribution >= 4 is 15.7 Å². The Morgan fingerprint density at radius 2 is 2.05 bits per heavy atom. The summed E-state index contributed by atoms with van der Waals surface area (Å²) in [7, 11) is -3.88. The Labute approximate surface area is 118 Å². The third kappa shape index (κ3) is 3.28. The van der Waals surface area contributed by atoms with Gasteiger partial charge in [-0.2, -0.15) is 0 Å². The summed E-state index contributed by atoms with van der Waals surface area (Å²) in [5.74, 6) is -0.555. The predicted octanol–water partition coefficient (Wildman–Crippen LogP) is 1.18. The molecule has 0 atom stereocenters. The molecule has 112 valence electrons. The molecule has 5 nitrogen and oxygen atoms in total. The van der Waals surface area contributed by atoms with Crippen molar-refractivity contribution in [2.45, 2.75) is 36.6 Å². The molecule has 2 rings (SSSR count). The maximum absolute atomic E-state index is 14.2. The van der Waals surface area contributed by atoms with Crippen LogP contribution >= 0.6 is 0 Å². The highest BCUT2D eigenvalue weighted by Crippen LogP contribution is 2.32. The molecule has 0 aromatic heterocycles. The second kappa shape index (κ2) is 6.07. The van der Waals surface area contributed by atoms with Gasteiger partial charge in [-0.15, -0.1) is 0 Å². The highest BCUT2D eigenvalue weighted by molar-refractivity contribution is 7.89. The fourth-order valence-electron chi connectivity index (χ4n) is 2.36. The van der Waals surface area contributed by atoms with E-state index < -0.39 is 15.8 Å². The van der Waals surface area contributed by atoms with E-state index in [0.717, 1.165) is 31.7 Å². The number of hydrogen-bond acceptors (Lipinski definition) is 4. The molecule has 7 heteroatoms. The fourth-order valence-corrected chi connectivity index (χ4v) is 2.88. The SMILES string of the molecule is NCCCN(c1ccc(S(N)(=O)=O)cc1F)C1CCC1. The zero-order valence-electron chi connectivity index (χ0n) is 11.3. The van der Waals surface area contributed by atoms with Crippen LogP contribution in [0.1, 0.15) is 25.7 Å². The number of nitrogens with two attached hydrogens (primary N) is 2. The second-order valence-electron chi connectivity index (χ2n) is 5.08. The van der Waals surface area contributed by atoms with Gasteiger partial charge in [-0.1, -0.05) is 0 Å². The van der Waals surface area contributed by atoms with Gasteiger partial charge in [-0.05, 0) is 50.4 Å². The number of anilines is 1. The Hall–Kier alpha value is -1.18. The first-order chi connectivity index (χ1) is 9.43. The Balaban J connectivity index is 2.28. The molecular weight excluding hydrogens is 281 g/mol. The lowest BCUT2D eigenvalue weighted by Crippen LogP contribution is -2.42. The van der Waals surface area contributed by atoms with Gasteiger partial charge in [0.1, 0.15) is 5.82 Å². The van der Waals surface area contributed by atoms with E-state index in [1.807, 2.05) is 4.90 Å². The normalized spacial score (nSPS) is 15.9. The van der Waals surface area contributed by atoms with Gasteiger partial charge in [0.05, 0.1) is 10.6 Å². The Bertz CT molecular complexity index is 573. The van der Waals surface area contributed by atoms with Gasteiger partial charge in [-0.3, -0.25) is 0 Å². The number of hydrogen-bond donors (Lipinski definition) is 2. The molecule has 0 heterocycles. The molecule has 1 aliphatic rings. The first kappa shape index (κ1) is 15.2. The molecule has 0 unspecified atom stereocenters. The van der Waals surface area contributed by atoms with Crippen molar-refractivity contribution in [2.24, 2.45) is 10.9 Å². The smallest absolute Gasteiger partial charge is 0.238 e. The Morgan fingerprint density at radius 3 is 2.50 bits per heavy atom. The lowest BCUT2D eigenvalue weighted by atomic mass is 9.91. The summed E-state index contributed by atoms with van der Waals surface area (Å²) in [6.45, 7) is 1.22. The van der Waals surface area contributed by atoms with E-state index >= 15 is 0 Å². The molecule has 0 spiro atoms. The zero-order chi connectivity index (χ0) is 14.8. The van der Waals surface area contributed by atoms with Crippen LogP contribution in [0, 0.1) is 5.82 Å². The van der Waals surface area contributed by atoms with Crippen LogP contribution in [-0.4, -0.2) is 27.5 Å². The summed E-state index contributed by atoms with van der Waals surface area (Å²) < 4.78 is 36.6. The van der Waals surface area contributed by atoms with Crippen LogP contribution < -0.4 is 15.8 Å². The second-order valence-corrected chi connectivity index (χ2v) is 6.64. The van der Waals surface area contributed by atoms with Crippen LogP contribution in [0.4, 0.5) is 10.1 Å². The number of sulfonamides is 1. The van der Waals surface area contributed by atoms with Crippen molar-refractivity contribution < 1.29 is 12.8 Å². The molecular formula is C13H20FN3O2S. The molecule has 0 saturated heterocycles. The van der Waals surface area contributed by atoms with Crippen molar-refractivity contribution in [3.05, 3.63) is 24.0 Å². The summed E-state index contributed by atoms with van der Waals surface area (Å²) in [4.78, 5) is 1.78. The van der Waals surface area contributed by atoms with Crippen LogP contribution in [0.25, 0.3) is 0 Å². The molecule has 0 radical (unpaired) electrons. The number of primary sulfonamides is 1. The molecule has 1 saturated carbocycles. The van der Waals surface area contributed by atoms with Gasteiger partial charge in [0.2, 0.25) is 10.0 Å². The van der Waals surface area contributed by atoms with Gasteiger partial charge >= 0.3 is 0 Å². The van der Waals surface area contributed by atoms with Crippen molar-refractivity contribution in [3.8, 4) is 0 Å².